The molecule has 0 N–H and O–H groups in total. The minimum absolute atomic E-state index is 0.0199. The molecular weight excluding hydrogens is 278 g/mol. The molecule has 6 heteroatoms. The van der Waals surface area contributed by atoms with E-state index in [0.29, 0.717) is 25.8 Å². The van der Waals surface area contributed by atoms with Crippen LogP contribution < -0.4 is 0 Å². The number of hydrogen-bond donors (Lipinski definition) is 0. The Hall–Kier alpha value is -1.40. The van der Waals surface area contributed by atoms with Crippen molar-refractivity contribution in [3.05, 3.63) is 29.5 Å². The molecule has 0 unspecified atom stereocenters. The van der Waals surface area contributed by atoms with Crippen LogP contribution in [0.3, 0.4) is 0 Å². The molecule has 5 nitrogen and oxygen atoms in total. The second-order valence-corrected chi connectivity index (χ2v) is 7.74. The Bertz CT molecular complexity index is 634. The second kappa shape index (κ2) is 5.18. The van der Waals surface area contributed by atoms with Gasteiger partial charge in [0.15, 0.2) is 12.0 Å². The van der Waals surface area contributed by atoms with Crippen molar-refractivity contribution in [2.45, 2.75) is 32.3 Å². The van der Waals surface area contributed by atoms with E-state index < -0.39 is 10.0 Å². The quantitative estimate of drug-likeness (QED) is 0.635. The molecule has 0 saturated carbocycles. The Balaban J connectivity index is 2.21. The van der Waals surface area contributed by atoms with Gasteiger partial charge in [-0.15, -0.1) is 0 Å². The van der Waals surface area contributed by atoms with E-state index in [4.69, 9.17) is 4.42 Å². The van der Waals surface area contributed by atoms with Gasteiger partial charge in [-0.05, 0) is 24.0 Å². The molecule has 1 aromatic rings. The van der Waals surface area contributed by atoms with Crippen LogP contribution in [0.4, 0.5) is 0 Å². The van der Waals surface area contributed by atoms with Gasteiger partial charge in [0.25, 0.3) is 10.0 Å². The Morgan fingerprint density at radius 3 is 2.45 bits per heavy atom. The Kier molecular flexibility index (Phi) is 3.88. The first-order valence-corrected chi connectivity index (χ1v) is 7.94. The van der Waals surface area contributed by atoms with Gasteiger partial charge in [0, 0.05) is 13.1 Å². The fourth-order valence-electron chi connectivity index (χ4n) is 2.21. The van der Waals surface area contributed by atoms with Crippen molar-refractivity contribution in [2.75, 3.05) is 13.1 Å². The van der Waals surface area contributed by atoms with Crippen molar-refractivity contribution in [3.8, 4) is 0 Å². The summed E-state index contributed by atoms with van der Waals surface area (Å²) in [5.74, 6) is 0.0199. The first kappa shape index (κ1) is 15.0. The van der Waals surface area contributed by atoms with E-state index >= 15 is 0 Å². The summed E-state index contributed by atoms with van der Waals surface area (Å²) in [6, 6.07) is 2.68. The normalized spacial score (nSPS) is 17.9. The van der Waals surface area contributed by atoms with E-state index in [2.05, 4.69) is 20.8 Å². The molecule has 0 bridgehead atoms. The van der Waals surface area contributed by atoms with Crippen molar-refractivity contribution in [2.24, 2.45) is 5.41 Å². The Labute approximate surface area is 119 Å². The molecule has 20 heavy (non-hydrogen) atoms. The highest BCUT2D eigenvalue weighted by Crippen LogP contribution is 2.31. The van der Waals surface area contributed by atoms with Gasteiger partial charge in [-0.3, -0.25) is 4.79 Å². The van der Waals surface area contributed by atoms with Crippen LogP contribution in [-0.4, -0.2) is 32.1 Å². The van der Waals surface area contributed by atoms with Crippen LogP contribution in [0.5, 0.6) is 0 Å². The van der Waals surface area contributed by atoms with E-state index in [9.17, 15) is 13.2 Å². The largest absolute Gasteiger partial charge is 0.440 e. The first-order valence-electron chi connectivity index (χ1n) is 6.50. The molecule has 2 heterocycles. The lowest BCUT2D eigenvalue weighted by Crippen LogP contribution is -2.36. The molecule has 0 aromatic carbocycles. The maximum atomic E-state index is 12.4. The molecule has 0 fully saturated rings. The molecule has 1 aliphatic heterocycles. The predicted octanol–water partition coefficient (Wildman–Crippen LogP) is 2.46. The van der Waals surface area contributed by atoms with Crippen LogP contribution in [0, 0.1) is 5.41 Å². The average Bonchev–Trinajstić information content (AvgIpc) is 2.87. The summed E-state index contributed by atoms with van der Waals surface area (Å²) >= 11 is 0. The number of rotatable bonds is 3. The zero-order valence-corrected chi connectivity index (χ0v) is 12.7. The van der Waals surface area contributed by atoms with Crippen LogP contribution in [0.2, 0.25) is 0 Å². The van der Waals surface area contributed by atoms with Gasteiger partial charge in [-0.1, -0.05) is 32.4 Å². The number of furan rings is 1. The van der Waals surface area contributed by atoms with Crippen molar-refractivity contribution >= 4 is 16.3 Å². The molecule has 0 atom stereocenters. The summed E-state index contributed by atoms with van der Waals surface area (Å²) in [6.07, 6.45) is 3.17. The highest BCUT2D eigenvalue weighted by atomic mass is 32.2. The van der Waals surface area contributed by atoms with Gasteiger partial charge in [-0.2, -0.15) is 4.31 Å². The van der Waals surface area contributed by atoms with Gasteiger partial charge in [0.05, 0.1) is 0 Å². The lowest BCUT2D eigenvalue weighted by molar-refractivity contribution is 0.109. The number of carbonyl (C=O) groups is 1. The first-order chi connectivity index (χ1) is 9.25. The zero-order chi connectivity index (χ0) is 15.0. The van der Waals surface area contributed by atoms with E-state index in [0.717, 1.165) is 0 Å². The molecule has 0 radical (unpaired) electrons. The van der Waals surface area contributed by atoms with Crippen LogP contribution in [0.25, 0.3) is 0 Å². The van der Waals surface area contributed by atoms with Crippen molar-refractivity contribution in [1.82, 2.24) is 4.31 Å². The predicted molar refractivity (Wildman–Crippen MR) is 75.0 cm³/mol. The summed E-state index contributed by atoms with van der Waals surface area (Å²) in [6.45, 7) is 7.12. The van der Waals surface area contributed by atoms with Crippen molar-refractivity contribution in [1.29, 1.82) is 0 Å². The third-order valence-corrected chi connectivity index (χ3v) is 5.19. The smallest absolute Gasteiger partial charge is 0.276 e. The summed E-state index contributed by atoms with van der Waals surface area (Å²) in [5.41, 5.74) is 1.32. The minimum Gasteiger partial charge on any atom is -0.440 e. The van der Waals surface area contributed by atoms with E-state index in [1.807, 2.05) is 6.08 Å². The van der Waals surface area contributed by atoms with Crippen LogP contribution >= 0.6 is 0 Å². The number of sulfonamides is 1. The maximum Gasteiger partial charge on any atom is 0.276 e. The van der Waals surface area contributed by atoms with Crippen LogP contribution in [0.1, 0.15) is 37.7 Å². The van der Waals surface area contributed by atoms with E-state index in [1.54, 1.807) is 0 Å². The van der Waals surface area contributed by atoms with Crippen LogP contribution in [0.15, 0.2) is 33.3 Å². The third kappa shape index (κ3) is 2.86. The molecule has 0 amide bonds. The van der Waals surface area contributed by atoms with Gasteiger partial charge < -0.3 is 4.42 Å². The fourth-order valence-corrected chi connectivity index (χ4v) is 3.51. The van der Waals surface area contributed by atoms with Crippen molar-refractivity contribution < 1.29 is 17.6 Å². The number of aldehydes is 1. The van der Waals surface area contributed by atoms with Crippen molar-refractivity contribution in [3.63, 3.8) is 0 Å². The topological polar surface area (TPSA) is 67.6 Å². The standard InChI is InChI=1S/C14H19NO4S/c1-14(2,3)11-6-8-15(9-7-11)20(17,18)13-5-4-12(10-16)19-13/h4-6,10H,7-9H2,1-3H3. The lowest BCUT2D eigenvalue weighted by Gasteiger charge is -2.31. The molecule has 1 aliphatic rings. The average molecular weight is 297 g/mol. The fraction of sp³-hybridized carbons (Fsp3) is 0.500. The number of nitrogens with zero attached hydrogens (tertiary/aromatic N) is 1. The van der Waals surface area contributed by atoms with Gasteiger partial charge in [0.1, 0.15) is 0 Å². The summed E-state index contributed by atoms with van der Waals surface area (Å²) < 4.78 is 31.1. The zero-order valence-electron chi connectivity index (χ0n) is 11.9. The molecule has 2 rings (SSSR count). The van der Waals surface area contributed by atoms with Crippen LogP contribution in [-0.2, 0) is 10.0 Å². The molecule has 0 saturated heterocycles. The highest BCUT2D eigenvalue weighted by Gasteiger charge is 2.31. The molecule has 0 spiro atoms. The maximum absolute atomic E-state index is 12.4. The summed E-state index contributed by atoms with van der Waals surface area (Å²) in [5, 5.41) is -0.174. The lowest BCUT2D eigenvalue weighted by atomic mass is 9.83. The summed E-state index contributed by atoms with van der Waals surface area (Å²) in [4.78, 5) is 10.6. The van der Waals surface area contributed by atoms with Gasteiger partial charge in [0.2, 0.25) is 5.09 Å². The second-order valence-electron chi connectivity index (χ2n) is 5.87. The molecule has 110 valence electrons. The minimum atomic E-state index is -3.66. The van der Waals surface area contributed by atoms with E-state index in [1.165, 1.54) is 22.0 Å². The summed E-state index contributed by atoms with van der Waals surface area (Å²) in [7, 11) is -3.66. The molecular formula is C14H19NO4S. The molecule has 1 aromatic heterocycles. The Morgan fingerprint density at radius 2 is 2.00 bits per heavy atom. The highest BCUT2D eigenvalue weighted by molar-refractivity contribution is 7.89. The number of carbonyl (C=O) groups excluding carboxylic acids is 1. The van der Waals surface area contributed by atoms with Gasteiger partial charge in [-0.25, -0.2) is 8.42 Å². The molecule has 0 aliphatic carbocycles. The SMILES string of the molecule is CC(C)(C)C1=CCN(S(=O)(=O)c2ccc(C=O)o2)CC1. The monoisotopic (exact) mass is 297 g/mol. The Morgan fingerprint density at radius 1 is 1.30 bits per heavy atom. The number of hydrogen-bond acceptors (Lipinski definition) is 4. The third-order valence-electron chi connectivity index (χ3n) is 3.45. The van der Waals surface area contributed by atoms with E-state index in [-0.39, 0.29) is 16.3 Å². The van der Waals surface area contributed by atoms with Gasteiger partial charge >= 0.3 is 0 Å².